The molecule has 3 rings (SSSR count). The second-order valence-corrected chi connectivity index (χ2v) is 4.29. The number of hydrogen-bond donors (Lipinski definition) is 0. The van der Waals surface area contributed by atoms with Crippen molar-refractivity contribution in [1.82, 2.24) is 9.97 Å². The van der Waals surface area contributed by atoms with Crippen molar-refractivity contribution in [2.24, 2.45) is 0 Å². The van der Waals surface area contributed by atoms with E-state index in [2.05, 4.69) is 9.97 Å². The summed E-state index contributed by atoms with van der Waals surface area (Å²) in [6.07, 6.45) is 1.70. The van der Waals surface area contributed by atoms with E-state index in [0.717, 1.165) is 16.6 Å². The van der Waals surface area contributed by atoms with Crippen molar-refractivity contribution in [2.45, 2.75) is 0 Å². The summed E-state index contributed by atoms with van der Waals surface area (Å²) in [5, 5.41) is 1.12. The molecular weight excluding hydrogens is 226 g/mol. The number of para-hydroxylation sites is 1. The highest BCUT2D eigenvalue weighted by Crippen LogP contribution is 2.23. The molecule has 0 atom stereocenters. The maximum atomic E-state index is 5.63. The number of aromatic nitrogens is 2. The molecule has 0 fully saturated rings. The molecule has 2 aromatic heterocycles. The van der Waals surface area contributed by atoms with Gasteiger partial charge in [-0.25, -0.2) is 9.97 Å². The first kappa shape index (κ1) is 10.8. The van der Waals surface area contributed by atoms with Gasteiger partial charge in [-0.05, 0) is 12.1 Å². The quantitative estimate of drug-likeness (QED) is 0.689. The maximum absolute atomic E-state index is 5.63. The molecule has 0 aliphatic heterocycles. The fraction of sp³-hybridized carbons (Fsp3) is 0.143. The molecule has 4 nitrogen and oxygen atoms in total. The molecule has 0 N–H and O–H groups in total. The van der Waals surface area contributed by atoms with Crippen molar-refractivity contribution in [3.05, 3.63) is 42.6 Å². The van der Waals surface area contributed by atoms with Gasteiger partial charge in [0.1, 0.15) is 5.69 Å². The number of hydrogen-bond acceptors (Lipinski definition) is 4. The van der Waals surface area contributed by atoms with E-state index >= 15 is 0 Å². The normalized spacial score (nSPS) is 10.8. The summed E-state index contributed by atoms with van der Waals surface area (Å²) >= 11 is 0. The van der Waals surface area contributed by atoms with Gasteiger partial charge in [-0.2, -0.15) is 0 Å². The summed E-state index contributed by atoms with van der Waals surface area (Å²) in [5.41, 5.74) is 1.76. The van der Waals surface area contributed by atoms with Gasteiger partial charge in [0.25, 0.3) is 6.01 Å². The lowest BCUT2D eigenvalue weighted by Gasteiger charge is -2.04. The summed E-state index contributed by atoms with van der Waals surface area (Å²) in [6, 6.07) is 12.6. The molecule has 4 heteroatoms. The molecule has 0 bridgehead atoms. The molecule has 0 unspecified atom stereocenters. The van der Waals surface area contributed by atoms with Crippen LogP contribution in [0.4, 0.5) is 6.01 Å². The first-order valence-electron chi connectivity index (χ1n) is 5.73. The summed E-state index contributed by atoms with van der Waals surface area (Å²) in [5.74, 6) is 0.685. The molecule has 0 radical (unpaired) electrons. The van der Waals surface area contributed by atoms with E-state index in [-0.39, 0.29) is 0 Å². The van der Waals surface area contributed by atoms with Crippen LogP contribution in [0.15, 0.2) is 47.0 Å². The number of pyridine rings is 1. The number of anilines is 1. The van der Waals surface area contributed by atoms with Gasteiger partial charge in [-0.3, -0.25) is 0 Å². The van der Waals surface area contributed by atoms with Crippen LogP contribution in [0.1, 0.15) is 0 Å². The summed E-state index contributed by atoms with van der Waals surface area (Å²) < 4.78 is 5.63. The van der Waals surface area contributed by atoms with E-state index < -0.39 is 0 Å². The molecule has 90 valence electrons. The fourth-order valence-electron chi connectivity index (χ4n) is 1.79. The Morgan fingerprint density at radius 2 is 1.89 bits per heavy atom. The zero-order valence-corrected chi connectivity index (χ0v) is 10.3. The third-order valence-electron chi connectivity index (χ3n) is 2.73. The lowest BCUT2D eigenvalue weighted by atomic mass is 10.2. The van der Waals surface area contributed by atoms with E-state index in [1.807, 2.05) is 55.4 Å². The van der Waals surface area contributed by atoms with Gasteiger partial charge in [0.05, 0.1) is 11.7 Å². The van der Waals surface area contributed by atoms with Gasteiger partial charge < -0.3 is 9.32 Å². The average molecular weight is 239 g/mol. The highest BCUT2D eigenvalue weighted by Gasteiger charge is 2.09. The average Bonchev–Trinajstić information content (AvgIpc) is 2.88. The Hall–Kier alpha value is -2.36. The number of oxazole rings is 1. The van der Waals surface area contributed by atoms with Gasteiger partial charge >= 0.3 is 0 Å². The smallest absolute Gasteiger partial charge is 0.297 e. The van der Waals surface area contributed by atoms with Crippen LogP contribution in [-0.2, 0) is 0 Å². The van der Waals surface area contributed by atoms with Crippen molar-refractivity contribution in [1.29, 1.82) is 0 Å². The van der Waals surface area contributed by atoms with Gasteiger partial charge in [0.2, 0.25) is 0 Å². The summed E-state index contributed by atoms with van der Waals surface area (Å²) in [4.78, 5) is 10.6. The Bertz CT molecular complexity index is 688. The molecule has 3 aromatic rings. The molecule has 2 heterocycles. The van der Waals surface area contributed by atoms with Gasteiger partial charge in [-0.1, -0.05) is 24.3 Å². The van der Waals surface area contributed by atoms with Crippen LogP contribution in [0.3, 0.4) is 0 Å². The Balaban J connectivity index is 2.07. The Morgan fingerprint density at radius 1 is 1.06 bits per heavy atom. The first-order chi connectivity index (χ1) is 8.74. The minimum Gasteiger partial charge on any atom is -0.422 e. The lowest BCUT2D eigenvalue weighted by Crippen LogP contribution is -2.08. The third-order valence-corrected chi connectivity index (χ3v) is 2.73. The van der Waals surface area contributed by atoms with E-state index in [1.54, 1.807) is 6.20 Å². The molecule has 0 spiro atoms. The molecule has 0 saturated carbocycles. The SMILES string of the molecule is CN(C)c1ncc(-c2ccc3ccccc3n2)o1. The highest BCUT2D eigenvalue weighted by atomic mass is 16.4. The predicted octanol–water partition coefficient (Wildman–Crippen LogP) is 2.96. The molecule has 0 saturated heterocycles. The second kappa shape index (κ2) is 4.14. The van der Waals surface area contributed by atoms with E-state index in [4.69, 9.17) is 4.42 Å². The highest BCUT2D eigenvalue weighted by molar-refractivity contribution is 5.80. The molecule has 0 aliphatic rings. The maximum Gasteiger partial charge on any atom is 0.297 e. The fourth-order valence-corrected chi connectivity index (χ4v) is 1.79. The third kappa shape index (κ3) is 1.82. The topological polar surface area (TPSA) is 42.2 Å². The first-order valence-corrected chi connectivity index (χ1v) is 5.73. The number of fused-ring (bicyclic) bond motifs is 1. The predicted molar refractivity (Wildman–Crippen MR) is 71.6 cm³/mol. The Labute approximate surface area is 105 Å². The zero-order chi connectivity index (χ0) is 12.5. The van der Waals surface area contributed by atoms with Crippen LogP contribution in [-0.4, -0.2) is 24.1 Å². The van der Waals surface area contributed by atoms with E-state index in [9.17, 15) is 0 Å². The molecule has 1 aromatic carbocycles. The van der Waals surface area contributed by atoms with Crippen molar-refractivity contribution in [3.63, 3.8) is 0 Å². The van der Waals surface area contributed by atoms with E-state index in [0.29, 0.717) is 11.8 Å². The van der Waals surface area contributed by atoms with Crippen LogP contribution in [0, 0.1) is 0 Å². The van der Waals surface area contributed by atoms with E-state index in [1.165, 1.54) is 0 Å². The molecule has 0 amide bonds. The molecule has 18 heavy (non-hydrogen) atoms. The van der Waals surface area contributed by atoms with Gasteiger partial charge in [-0.15, -0.1) is 0 Å². The van der Waals surface area contributed by atoms with Crippen LogP contribution < -0.4 is 4.90 Å². The molecular formula is C14H13N3O. The van der Waals surface area contributed by atoms with Crippen LogP contribution in [0.2, 0.25) is 0 Å². The largest absolute Gasteiger partial charge is 0.422 e. The standard InChI is InChI=1S/C14H13N3O/c1-17(2)14-15-9-13(18-14)12-8-7-10-5-3-4-6-11(10)16-12/h3-9H,1-2H3. The minimum atomic E-state index is 0.583. The Morgan fingerprint density at radius 3 is 2.67 bits per heavy atom. The summed E-state index contributed by atoms with van der Waals surface area (Å²) in [6.45, 7) is 0. The van der Waals surface area contributed by atoms with Gasteiger partial charge in [0, 0.05) is 19.5 Å². The number of nitrogens with zero attached hydrogens (tertiary/aromatic N) is 3. The number of rotatable bonds is 2. The molecule has 0 aliphatic carbocycles. The van der Waals surface area contributed by atoms with Crippen LogP contribution >= 0.6 is 0 Å². The second-order valence-electron chi connectivity index (χ2n) is 4.29. The van der Waals surface area contributed by atoms with Crippen LogP contribution in [0.25, 0.3) is 22.4 Å². The summed E-state index contributed by atoms with van der Waals surface area (Å²) in [7, 11) is 3.78. The number of benzene rings is 1. The Kier molecular flexibility index (Phi) is 2.48. The van der Waals surface area contributed by atoms with Crippen LogP contribution in [0.5, 0.6) is 0 Å². The monoisotopic (exact) mass is 239 g/mol. The van der Waals surface area contributed by atoms with Crippen molar-refractivity contribution >= 4 is 16.9 Å². The lowest BCUT2D eigenvalue weighted by molar-refractivity contribution is 0.567. The van der Waals surface area contributed by atoms with Crippen molar-refractivity contribution in [3.8, 4) is 11.5 Å². The minimum absolute atomic E-state index is 0.583. The van der Waals surface area contributed by atoms with Gasteiger partial charge in [0.15, 0.2) is 5.76 Å². The van der Waals surface area contributed by atoms with Crippen molar-refractivity contribution in [2.75, 3.05) is 19.0 Å². The van der Waals surface area contributed by atoms with Crippen molar-refractivity contribution < 1.29 is 4.42 Å². The zero-order valence-electron chi connectivity index (χ0n) is 10.3.